The maximum Gasteiger partial charge on any atom is 0.310 e. The Labute approximate surface area is 103 Å². The Morgan fingerprint density at radius 1 is 1.29 bits per heavy atom. The maximum absolute atomic E-state index is 11.3. The van der Waals surface area contributed by atoms with Crippen LogP contribution < -0.4 is 5.32 Å². The van der Waals surface area contributed by atoms with Gasteiger partial charge in [0, 0.05) is 6.04 Å². The molecule has 0 saturated heterocycles. The van der Waals surface area contributed by atoms with Crippen LogP contribution in [0.15, 0.2) is 24.3 Å². The third-order valence-corrected chi connectivity index (χ3v) is 2.64. The number of hydrogen-bond donors (Lipinski definition) is 1. The molecule has 1 atom stereocenters. The minimum absolute atomic E-state index is 0.167. The molecule has 17 heavy (non-hydrogen) atoms. The van der Waals surface area contributed by atoms with Crippen LogP contribution in [0, 0.1) is 0 Å². The Bertz CT molecular complexity index is 346. The normalized spacial score (nSPS) is 12.2. The number of carbonyl (C=O) groups excluding carboxylic acids is 1. The molecule has 0 aliphatic carbocycles. The average molecular weight is 235 g/mol. The lowest BCUT2D eigenvalue weighted by Gasteiger charge is -2.13. The van der Waals surface area contributed by atoms with Crippen LogP contribution in [0.25, 0.3) is 0 Å². The second-order valence-corrected chi connectivity index (χ2v) is 4.00. The smallest absolute Gasteiger partial charge is 0.310 e. The van der Waals surface area contributed by atoms with E-state index in [9.17, 15) is 4.79 Å². The van der Waals surface area contributed by atoms with E-state index in [0.29, 0.717) is 19.1 Å². The summed E-state index contributed by atoms with van der Waals surface area (Å²) >= 11 is 0. The number of rotatable bonds is 6. The first kappa shape index (κ1) is 13.7. The fourth-order valence-electron chi connectivity index (χ4n) is 1.73. The van der Waals surface area contributed by atoms with Crippen molar-refractivity contribution in [2.24, 2.45) is 0 Å². The van der Waals surface area contributed by atoms with Crippen LogP contribution >= 0.6 is 0 Å². The van der Waals surface area contributed by atoms with Crippen LogP contribution in [-0.4, -0.2) is 19.1 Å². The number of ether oxygens (including phenoxy) is 1. The lowest BCUT2D eigenvalue weighted by molar-refractivity contribution is -0.142. The summed E-state index contributed by atoms with van der Waals surface area (Å²) < 4.78 is 4.91. The van der Waals surface area contributed by atoms with Gasteiger partial charge in [-0.3, -0.25) is 4.79 Å². The summed E-state index contributed by atoms with van der Waals surface area (Å²) in [6.07, 6.45) is 0.351. The van der Waals surface area contributed by atoms with Crippen LogP contribution in [0.1, 0.15) is 37.9 Å². The number of esters is 1. The van der Waals surface area contributed by atoms with Gasteiger partial charge in [-0.15, -0.1) is 0 Å². The Kier molecular flexibility index (Phi) is 5.70. The SMILES string of the molecule is CCNC(C)c1ccc(CC(=O)OCC)cc1. The molecule has 0 radical (unpaired) electrons. The van der Waals surface area contributed by atoms with Gasteiger partial charge < -0.3 is 10.1 Å². The highest BCUT2D eigenvalue weighted by Crippen LogP contribution is 2.13. The molecule has 0 fully saturated rings. The van der Waals surface area contributed by atoms with Crippen molar-refractivity contribution in [2.75, 3.05) is 13.2 Å². The van der Waals surface area contributed by atoms with Gasteiger partial charge in [-0.05, 0) is 31.5 Å². The topological polar surface area (TPSA) is 38.3 Å². The van der Waals surface area contributed by atoms with Crippen LogP contribution in [0.2, 0.25) is 0 Å². The zero-order valence-electron chi connectivity index (χ0n) is 10.8. The molecule has 0 aliphatic rings. The number of nitrogens with one attached hydrogen (secondary N) is 1. The van der Waals surface area contributed by atoms with Gasteiger partial charge in [0.25, 0.3) is 0 Å². The summed E-state index contributed by atoms with van der Waals surface area (Å²) in [5.41, 5.74) is 2.23. The van der Waals surface area contributed by atoms with Crippen LogP contribution in [0.4, 0.5) is 0 Å². The molecule has 0 aromatic heterocycles. The highest BCUT2D eigenvalue weighted by Gasteiger charge is 2.06. The molecular weight excluding hydrogens is 214 g/mol. The summed E-state index contributed by atoms with van der Waals surface area (Å²) in [5.74, 6) is -0.167. The third-order valence-electron chi connectivity index (χ3n) is 2.64. The van der Waals surface area contributed by atoms with Crippen LogP contribution in [0.5, 0.6) is 0 Å². The second-order valence-electron chi connectivity index (χ2n) is 4.00. The maximum atomic E-state index is 11.3. The molecule has 1 aromatic rings. The summed E-state index contributed by atoms with van der Waals surface area (Å²) in [5, 5.41) is 3.35. The summed E-state index contributed by atoms with van der Waals surface area (Å²) in [7, 11) is 0. The Hall–Kier alpha value is -1.35. The molecule has 3 heteroatoms. The molecule has 0 saturated carbocycles. The monoisotopic (exact) mass is 235 g/mol. The highest BCUT2D eigenvalue weighted by atomic mass is 16.5. The van der Waals surface area contributed by atoms with E-state index >= 15 is 0 Å². The van der Waals surface area contributed by atoms with E-state index in [1.165, 1.54) is 5.56 Å². The third kappa shape index (κ3) is 4.57. The highest BCUT2D eigenvalue weighted by molar-refractivity contribution is 5.72. The summed E-state index contributed by atoms with van der Waals surface area (Å²) in [6.45, 7) is 7.43. The lowest BCUT2D eigenvalue weighted by Crippen LogP contribution is -2.17. The van der Waals surface area contributed by atoms with Gasteiger partial charge in [0.05, 0.1) is 13.0 Å². The first-order chi connectivity index (χ1) is 8.17. The summed E-state index contributed by atoms with van der Waals surface area (Å²) in [4.78, 5) is 11.3. The molecular formula is C14H21NO2. The van der Waals surface area contributed by atoms with Crippen molar-refractivity contribution in [3.05, 3.63) is 35.4 Å². The predicted molar refractivity (Wildman–Crippen MR) is 68.9 cm³/mol. The number of hydrogen-bond acceptors (Lipinski definition) is 3. The fourth-order valence-corrected chi connectivity index (χ4v) is 1.73. The van der Waals surface area contributed by atoms with Gasteiger partial charge >= 0.3 is 5.97 Å². The second kappa shape index (κ2) is 7.07. The van der Waals surface area contributed by atoms with Gasteiger partial charge in [0.2, 0.25) is 0 Å². The molecule has 3 nitrogen and oxygen atoms in total. The van der Waals surface area contributed by atoms with Crippen molar-refractivity contribution in [3.63, 3.8) is 0 Å². The Morgan fingerprint density at radius 3 is 2.47 bits per heavy atom. The average Bonchev–Trinajstić information content (AvgIpc) is 2.30. The number of benzene rings is 1. The van der Waals surface area contributed by atoms with Gasteiger partial charge in [-0.1, -0.05) is 31.2 Å². The fraction of sp³-hybridized carbons (Fsp3) is 0.500. The number of carbonyl (C=O) groups is 1. The molecule has 1 aromatic carbocycles. The van der Waals surface area contributed by atoms with E-state index in [4.69, 9.17) is 4.74 Å². The molecule has 94 valence electrons. The van der Waals surface area contributed by atoms with Crippen molar-refractivity contribution in [1.29, 1.82) is 0 Å². The summed E-state index contributed by atoms with van der Waals surface area (Å²) in [6, 6.07) is 8.43. The minimum atomic E-state index is -0.167. The van der Waals surface area contributed by atoms with E-state index in [0.717, 1.165) is 12.1 Å². The van der Waals surface area contributed by atoms with Gasteiger partial charge in [-0.2, -0.15) is 0 Å². The minimum Gasteiger partial charge on any atom is -0.466 e. The quantitative estimate of drug-likeness (QED) is 0.770. The molecule has 0 amide bonds. The van der Waals surface area contributed by atoms with Crippen molar-refractivity contribution in [3.8, 4) is 0 Å². The first-order valence-corrected chi connectivity index (χ1v) is 6.15. The molecule has 1 unspecified atom stereocenters. The van der Waals surface area contributed by atoms with Gasteiger partial charge in [0.1, 0.15) is 0 Å². The first-order valence-electron chi connectivity index (χ1n) is 6.15. The van der Waals surface area contributed by atoms with Gasteiger partial charge in [0.15, 0.2) is 0 Å². The zero-order valence-corrected chi connectivity index (χ0v) is 10.8. The van der Waals surface area contributed by atoms with Crippen LogP contribution in [0.3, 0.4) is 0 Å². The van der Waals surface area contributed by atoms with E-state index in [-0.39, 0.29) is 5.97 Å². The predicted octanol–water partition coefficient (Wildman–Crippen LogP) is 2.46. The van der Waals surface area contributed by atoms with Crippen LogP contribution in [-0.2, 0) is 16.0 Å². The van der Waals surface area contributed by atoms with E-state index in [2.05, 4.69) is 31.3 Å². The Morgan fingerprint density at radius 2 is 1.94 bits per heavy atom. The van der Waals surface area contributed by atoms with E-state index < -0.39 is 0 Å². The van der Waals surface area contributed by atoms with E-state index in [1.807, 2.05) is 19.1 Å². The lowest BCUT2D eigenvalue weighted by atomic mass is 10.0. The van der Waals surface area contributed by atoms with Crippen molar-refractivity contribution in [1.82, 2.24) is 5.32 Å². The zero-order chi connectivity index (χ0) is 12.7. The largest absolute Gasteiger partial charge is 0.466 e. The molecule has 0 bridgehead atoms. The van der Waals surface area contributed by atoms with Crippen molar-refractivity contribution < 1.29 is 9.53 Å². The molecule has 0 spiro atoms. The molecule has 0 heterocycles. The molecule has 1 N–H and O–H groups in total. The van der Waals surface area contributed by atoms with Gasteiger partial charge in [-0.25, -0.2) is 0 Å². The Balaban J connectivity index is 2.58. The van der Waals surface area contributed by atoms with Crippen molar-refractivity contribution >= 4 is 5.97 Å². The molecule has 1 rings (SSSR count). The molecule has 0 aliphatic heterocycles. The van der Waals surface area contributed by atoms with E-state index in [1.54, 1.807) is 0 Å². The van der Waals surface area contributed by atoms with Crippen molar-refractivity contribution in [2.45, 2.75) is 33.2 Å². The standard InChI is InChI=1S/C14H21NO2/c1-4-15-11(3)13-8-6-12(7-9-13)10-14(16)17-5-2/h6-9,11,15H,4-5,10H2,1-3H3.